The molecule has 0 bridgehead atoms. The van der Waals surface area contributed by atoms with Crippen LogP contribution in [0.5, 0.6) is 0 Å². The third-order valence-corrected chi connectivity index (χ3v) is 5.79. The van der Waals surface area contributed by atoms with Gasteiger partial charge in [0, 0.05) is 29.8 Å². The fraction of sp³-hybridized carbons (Fsp3) is 0.250. The third-order valence-electron chi connectivity index (χ3n) is 5.03. The van der Waals surface area contributed by atoms with Crippen molar-refractivity contribution in [1.29, 1.82) is 0 Å². The van der Waals surface area contributed by atoms with E-state index in [-0.39, 0.29) is 5.82 Å². The maximum Gasteiger partial charge on any atom is 0.188 e. The monoisotopic (exact) mass is 394 g/mol. The zero-order valence-electron chi connectivity index (χ0n) is 15.6. The van der Waals surface area contributed by atoms with Crippen molar-refractivity contribution in [3.8, 4) is 16.9 Å². The number of halogens is 1. The van der Waals surface area contributed by atoms with Crippen LogP contribution in [0.15, 0.2) is 36.1 Å². The molecule has 0 fully saturated rings. The molecule has 6 nitrogen and oxygen atoms in total. The van der Waals surface area contributed by atoms with Gasteiger partial charge in [-0.25, -0.2) is 14.4 Å². The van der Waals surface area contributed by atoms with E-state index in [1.807, 2.05) is 30.1 Å². The van der Waals surface area contributed by atoms with Crippen molar-refractivity contribution in [2.45, 2.75) is 26.2 Å². The van der Waals surface area contributed by atoms with Crippen molar-refractivity contribution in [2.75, 3.05) is 5.32 Å². The first-order valence-corrected chi connectivity index (χ1v) is 10.0. The van der Waals surface area contributed by atoms with Gasteiger partial charge in [0.2, 0.25) is 0 Å². The molecule has 1 aromatic carbocycles. The molecule has 0 saturated heterocycles. The summed E-state index contributed by atoms with van der Waals surface area (Å²) in [5.41, 5.74) is 5.28. The fourth-order valence-corrected chi connectivity index (χ4v) is 4.39. The van der Waals surface area contributed by atoms with Crippen LogP contribution in [0.25, 0.3) is 16.9 Å². The molecule has 3 heterocycles. The Balaban J connectivity index is 1.41. The summed E-state index contributed by atoms with van der Waals surface area (Å²) in [6, 6.07) is 5.16. The highest BCUT2D eigenvalue weighted by Crippen LogP contribution is 2.33. The van der Waals surface area contributed by atoms with Gasteiger partial charge in [0.25, 0.3) is 0 Å². The van der Waals surface area contributed by atoms with Crippen molar-refractivity contribution in [3.05, 3.63) is 58.9 Å². The van der Waals surface area contributed by atoms with Gasteiger partial charge in [-0.05, 0) is 38.3 Å². The molecular weight excluding hydrogens is 375 g/mol. The minimum Gasteiger partial charge on any atom is -0.316 e. The van der Waals surface area contributed by atoms with Gasteiger partial charge in [0.15, 0.2) is 5.13 Å². The van der Waals surface area contributed by atoms with Crippen LogP contribution in [0.2, 0.25) is 0 Å². The molecule has 1 aliphatic carbocycles. The summed E-state index contributed by atoms with van der Waals surface area (Å²) in [6.07, 6.45) is 6.65. The molecule has 1 N–H and O–H groups in total. The number of aryl methyl sites for hydroxylation is 3. The van der Waals surface area contributed by atoms with Crippen LogP contribution in [0.4, 0.5) is 15.3 Å². The molecule has 0 radical (unpaired) electrons. The maximum atomic E-state index is 14.6. The number of rotatable bonds is 4. The van der Waals surface area contributed by atoms with E-state index in [1.165, 1.54) is 28.7 Å². The summed E-state index contributed by atoms with van der Waals surface area (Å²) in [4.78, 5) is 8.81. The second kappa shape index (κ2) is 6.56. The number of hydrogen-bond acceptors (Lipinski definition) is 5. The first-order chi connectivity index (χ1) is 13.6. The zero-order valence-corrected chi connectivity index (χ0v) is 16.4. The number of fused-ring (bicyclic) bond motifs is 1. The summed E-state index contributed by atoms with van der Waals surface area (Å²) in [5.74, 6) is 0.701. The first kappa shape index (κ1) is 17.1. The Morgan fingerprint density at radius 2 is 2.14 bits per heavy atom. The number of aromatic nitrogens is 5. The van der Waals surface area contributed by atoms with Crippen LogP contribution in [0, 0.1) is 12.7 Å². The third kappa shape index (κ3) is 2.90. The number of nitrogens with zero attached hydrogens (tertiary/aromatic N) is 5. The predicted molar refractivity (Wildman–Crippen MR) is 108 cm³/mol. The Bertz CT molecular complexity index is 1170. The van der Waals surface area contributed by atoms with E-state index in [4.69, 9.17) is 0 Å². The Morgan fingerprint density at radius 1 is 1.25 bits per heavy atom. The molecule has 0 saturated carbocycles. The van der Waals surface area contributed by atoms with Gasteiger partial charge in [-0.2, -0.15) is 5.10 Å². The van der Waals surface area contributed by atoms with Crippen molar-refractivity contribution < 1.29 is 4.39 Å². The summed E-state index contributed by atoms with van der Waals surface area (Å²) >= 11 is 1.51. The Kier molecular flexibility index (Phi) is 4.01. The van der Waals surface area contributed by atoms with E-state index in [0.717, 1.165) is 47.2 Å². The summed E-state index contributed by atoms with van der Waals surface area (Å²) < 4.78 is 18.2. The highest BCUT2D eigenvalue weighted by Gasteiger charge is 2.21. The lowest BCUT2D eigenvalue weighted by molar-refractivity contribution is 0.618. The molecule has 0 spiro atoms. The zero-order chi connectivity index (χ0) is 19.3. The molecule has 0 atom stereocenters. The first-order valence-electron chi connectivity index (χ1n) is 9.16. The highest BCUT2D eigenvalue weighted by molar-refractivity contribution is 7.14. The molecule has 0 amide bonds. The lowest BCUT2D eigenvalue weighted by Gasteiger charge is -2.06. The molecule has 1 aliphatic rings. The van der Waals surface area contributed by atoms with Crippen LogP contribution in [0.1, 0.15) is 23.4 Å². The maximum absolute atomic E-state index is 14.6. The van der Waals surface area contributed by atoms with Gasteiger partial charge in [-0.3, -0.25) is 4.68 Å². The number of anilines is 2. The number of hydrogen-bond donors (Lipinski definition) is 1. The van der Waals surface area contributed by atoms with Crippen molar-refractivity contribution in [3.63, 3.8) is 0 Å². The largest absolute Gasteiger partial charge is 0.316 e. The summed E-state index contributed by atoms with van der Waals surface area (Å²) in [5, 5.41) is 10.7. The summed E-state index contributed by atoms with van der Waals surface area (Å²) in [7, 11) is 1.95. The minimum atomic E-state index is -0.304. The van der Waals surface area contributed by atoms with Crippen LogP contribution in [0.3, 0.4) is 0 Å². The van der Waals surface area contributed by atoms with Gasteiger partial charge < -0.3 is 9.88 Å². The quantitative estimate of drug-likeness (QED) is 0.557. The Labute approximate surface area is 165 Å². The van der Waals surface area contributed by atoms with Gasteiger partial charge in [0.05, 0.1) is 29.1 Å². The van der Waals surface area contributed by atoms with Crippen LogP contribution in [-0.4, -0.2) is 24.3 Å². The van der Waals surface area contributed by atoms with Crippen molar-refractivity contribution in [2.24, 2.45) is 7.05 Å². The normalized spacial score (nSPS) is 13.1. The Hall–Kier alpha value is -3.00. The van der Waals surface area contributed by atoms with E-state index in [9.17, 15) is 4.39 Å². The van der Waals surface area contributed by atoms with Gasteiger partial charge in [0.1, 0.15) is 11.6 Å². The topological polar surface area (TPSA) is 60.6 Å². The molecular formula is C20H19FN6S. The second-order valence-corrected chi connectivity index (χ2v) is 7.86. The number of nitrogens with one attached hydrogen (secondary N) is 1. The highest BCUT2D eigenvalue weighted by atomic mass is 32.1. The van der Waals surface area contributed by atoms with Gasteiger partial charge in [-0.15, -0.1) is 11.3 Å². The van der Waals surface area contributed by atoms with Crippen molar-refractivity contribution >= 4 is 22.3 Å². The Morgan fingerprint density at radius 3 is 2.93 bits per heavy atom. The SMILES string of the molecule is Cc1cn(-c2ccc(-c3csc(Nc4c5c(nn4C)CCC5)n3)cc2F)cn1. The van der Waals surface area contributed by atoms with Crippen LogP contribution in [-0.2, 0) is 19.9 Å². The van der Waals surface area contributed by atoms with E-state index < -0.39 is 0 Å². The van der Waals surface area contributed by atoms with E-state index in [2.05, 4.69) is 20.4 Å². The molecule has 5 rings (SSSR count). The average Bonchev–Trinajstić information content (AvgIpc) is 3.43. The molecule has 3 aromatic heterocycles. The molecule has 0 aliphatic heterocycles. The molecule has 8 heteroatoms. The predicted octanol–water partition coefficient (Wildman–Crippen LogP) is 4.41. The summed E-state index contributed by atoms with van der Waals surface area (Å²) in [6.45, 7) is 1.88. The number of imidazole rings is 1. The number of benzene rings is 1. The van der Waals surface area contributed by atoms with Crippen LogP contribution >= 0.6 is 11.3 Å². The number of thiazole rings is 1. The molecule has 28 heavy (non-hydrogen) atoms. The minimum absolute atomic E-state index is 0.304. The molecule has 4 aromatic rings. The lowest BCUT2D eigenvalue weighted by atomic mass is 10.1. The second-order valence-electron chi connectivity index (χ2n) is 7.00. The van der Waals surface area contributed by atoms with E-state index >= 15 is 0 Å². The smallest absolute Gasteiger partial charge is 0.188 e. The standard InChI is InChI=1S/C20H19FN6S/c1-12-9-27(11-22-12)18-7-6-13(8-15(18)21)17-10-28-20(23-17)24-19-14-4-3-5-16(14)25-26(19)2/h6-11H,3-5H2,1-2H3,(H,23,24). The fourth-order valence-electron chi connectivity index (χ4n) is 3.67. The molecule has 0 unspecified atom stereocenters. The van der Waals surface area contributed by atoms with E-state index in [1.54, 1.807) is 23.2 Å². The van der Waals surface area contributed by atoms with Crippen LogP contribution < -0.4 is 5.32 Å². The average molecular weight is 394 g/mol. The van der Waals surface area contributed by atoms with Gasteiger partial charge >= 0.3 is 0 Å². The van der Waals surface area contributed by atoms with Crippen molar-refractivity contribution in [1.82, 2.24) is 24.3 Å². The van der Waals surface area contributed by atoms with E-state index in [0.29, 0.717) is 5.69 Å². The molecule has 142 valence electrons. The van der Waals surface area contributed by atoms with Gasteiger partial charge in [-0.1, -0.05) is 6.07 Å². The lowest BCUT2D eigenvalue weighted by Crippen LogP contribution is -2.01.